The van der Waals surface area contributed by atoms with Crippen LogP contribution in [-0.4, -0.2) is 118 Å². The molecule has 2 fully saturated rings. The number of phosphoric acid groups is 2. The van der Waals surface area contributed by atoms with Crippen LogP contribution in [0.25, 0.3) is 0 Å². The minimum Gasteiger partial charge on any atom is -0.756 e. The van der Waals surface area contributed by atoms with Gasteiger partial charge in [0.15, 0.2) is 12.6 Å². The van der Waals surface area contributed by atoms with Crippen molar-refractivity contribution in [2.45, 2.75) is 287 Å². The van der Waals surface area contributed by atoms with Gasteiger partial charge in [-0.3, -0.25) is 23.2 Å². The Morgan fingerprint density at radius 2 is 0.696 bits per heavy atom. The summed E-state index contributed by atoms with van der Waals surface area (Å²) in [6.07, 6.45) is 31.6. The molecule has 0 aromatic rings. The van der Waals surface area contributed by atoms with Crippen molar-refractivity contribution in [1.29, 1.82) is 0 Å². The summed E-state index contributed by atoms with van der Waals surface area (Å²) in [6, 6.07) is -3.21. The van der Waals surface area contributed by atoms with Crippen molar-refractivity contribution in [3.8, 4) is 0 Å². The molecule has 19 nitrogen and oxygen atoms in total. The van der Waals surface area contributed by atoms with Gasteiger partial charge in [0.05, 0.1) is 19.8 Å². The van der Waals surface area contributed by atoms with Gasteiger partial charge in [0.1, 0.15) is 48.7 Å². The summed E-state index contributed by atoms with van der Waals surface area (Å²) in [5.74, 6) is -1.48. The lowest BCUT2D eigenvalue weighted by atomic mass is 9.96. The van der Waals surface area contributed by atoms with Crippen LogP contribution in [0.4, 0.5) is 0 Å². The average Bonchev–Trinajstić information content (AvgIpc) is 0.817. The summed E-state index contributed by atoms with van der Waals surface area (Å²) >= 11 is 0. The molecule has 2 aliphatic heterocycles. The van der Waals surface area contributed by atoms with Crippen LogP contribution in [0.2, 0.25) is 0 Å². The predicted molar refractivity (Wildman–Crippen MR) is 362 cm³/mol. The van der Waals surface area contributed by atoms with Gasteiger partial charge in [-0.2, -0.15) is 0 Å². The lowest BCUT2D eigenvalue weighted by Gasteiger charge is -2.45. The zero-order valence-electron chi connectivity index (χ0n) is 57.9. The van der Waals surface area contributed by atoms with E-state index >= 15 is 0 Å². The van der Waals surface area contributed by atoms with Gasteiger partial charge in [-0.15, -0.1) is 0 Å². The number of carbonyl (C=O) groups is 2. The van der Waals surface area contributed by atoms with Gasteiger partial charge < -0.3 is 64.7 Å². The molecule has 2 amide bonds. The Hall–Kier alpha value is -3.98. The number of rotatable bonds is 43. The highest BCUT2D eigenvalue weighted by molar-refractivity contribution is 7.59. The lowest BCUT2D eigenvalue weighted by molar-refractivity contribution is -0.305. The molecule has 2 unspecified atom stereocenters. The smallest absolute Gasteiger partial charge is 0.276 e. The molecule has 0 saturated carbocycles. The second kappa shape index (κ2) is 45.5. The van der Waals surface area contributed by atoms with Crippen LogP contribution in [0.1, 0.15) is 225 Å². The van der Waals surface area contributed by atoms with Gasteiger partial charge in [-0.1, -0.05) is 128 Å². The van der Waals surface area contributed by atoms with Crippen LogP contribution in [-0.2, 0) is 46.3 Å². The molecule has 2 saturated heterocycles. The first-order chi connectivity index (χ1) is 43.3. The Kier molecular flexibility index (Phi) is 41.6. The predicted octanol–water partition coefficient (Wildman–Crippen LogP) is 13.1. The van der Waals surface area contributed by atoms with Gasteiger partial charge in [0, 0.05) is 13.8 Å². The summed E-state index contributed by atoms with van der Waals surface area (Å²) < 4.78 is 56.2. The topological polar surface area (TPSA) is 295 Å². The Morgan fingerprint density at radius 1 is 0.413 bits per heavy atom. The molecular formula is C71H116N2O17P2-2. The monoisotopic (exact) mass is 1330 g/mol. The molecule has 2 rings (SSSR count). The minimum atomic E-state index is -5.94. The van der Waals surface area contributed by atoms with Gasteiger partial charge >= 0.3 is 0 Å². The molecule has 0 aromatic carbocycles. The number of amides is 2. The van der Waals surface area contributed by atoms with Crippen molar-refractivity contribution >= 4 is 27.5 Å². The van der Waals surface area contributed by atoms with E-state index in [1.165, 1.54) is 61.8 Å². The second-order valence-electron chi connectivity index (χ2n) is 25.6. The number of nitrogens with one attached hydrogen (secondary N) is 2. The summed E-state index contributed by atoms with van der Waals surface area (Å²) in [5.41, 5.74) is 15.0. The maximum absolute atomic E-state index is 13.0. The minimum absolute atomic E-state index is 0.568. The van der Waals surface area contributed by atoms with Crippen molar-refractivity contribution < 1.29 is 81.6 Å². The molecule has 92 heavy (non-hydrogen) atoms. The van der Waals surface area contributed by atoms with E-state index in [4.69, 9.17) is 23.3 Å². The third-order valence-corrected chi connectivity index (χ3v) is 18.7. The number of phosphoric ester groups is 2. The second-order valence-corrected chi connectivity index (χ2v) is 28.5. The maximum Gasteiger partial charge on any atom is 0.276 e. The third kappa shape index (κ3) is 37.4. The molecule has 0 radical (unpaired) electrons. The van der Waals surface area contributed by atoms with Crippen LogP contribution in [0.3, 0.4) is 0 Å². The largest absolute Gasteiger partial charge is 0.756 e. The van der Waals surface area contributed by atoms with Gasteiger partial charge in [-0.25, -0.2) is 4.31 Å². The number of aliphatic hydroxyl groups is 5. The van der Waals surface area contributed by atoms with E-state index in [0.717, 1.165) is 135 Å². The molecule has 2 heterocycles. The Bertz CT molecular complexity index is 2710. The number of aliphatic hydroxyl groups excluding tert-OH is 5. The summed E-state index contributed by atoms with van der Waals surface area (Å²) in [4.78, 5) is 49.5. The molecule has 0 spiro atoms. The van der Waals surface area contributed by atoms with Crippen molar-refractivity contribution in [2.24, 2.45) is 0 Å². The van der Waals surface area contributed by atoms with E-state index in [2.05, 4.69) is 152 Å². The number of ether oxygens (including phenoxy) is 3. The standard InChI is InChI=1S/C71H118N2O17P2/c1-49(2)25-15-26-50(3)27-16-28-51(4)29-17-30-52(5)31-18-32-53(6)33-19-34-54(7)35-20-36-55(8)37-21-38-56(9)39-22-40-57(10)41-23-42-58(11)43-24-44-59(12)45-46-86-91(81,82)90-92(83,84)89-71-65(73-61(14)76)69(80)67(78)63(88-71)48-85-70-64(72-60(13)75)68(79)66(77)62(47-74)87-70/h25,27,29,31,33,35,37,39,41,43,45,62-71,74,77-80H,15-24,26,28,30,32,34,36,38,40,42,44,46-48H2,1-14H3,(H,72,75)(H,73,76)(H,81,82)(H,83,84)/p-2/b50-27+,51-29+,52-31-,53-33-,54-35-,55-37-,56-39-,57-41-,58-43-,59-45-/t62-,63-,64-,65-,66+,67+,68-,69-,70+,71-/m1/s1. The normalized spacial score (nSPS) is 25.1. The first-order valence-electron chi connectivity index (χ1n) is 33.0. The summed E-state index contributed by atoms with van der Waals surface area (Å²) in [5, 5.41) is 56.8. The van der Waals surface area contributed by atoms with Crippen LogP contribution in [0, 0.1) is 0 Å². The van der Waals surface area contributed by atoms with Crippen molar-refractivity contribution in [1.82, 2.24) is 10.6 Å². The lowest BCUT2D eigenvalue weighted by Crippen LogP contribution is -2.66. The van der Waals surface area contributed by atoms with E-state index in [1.807, 2.05) is 0 Å². The first kappa shape index (κ1) is 84.1. The quantitative estimate of drug-likeness (QED) is 0.0220. The molecule has 2 aliphatic rings. The highest BCUT2D eigenvalue weighted by Crippen LogP contribution is 2.56. The fourth-order valence-corrected chi connectivity index (χ4v) is 12.5. The van der Waals surface area contributed by atoms with Crippen molar-refractivity contribution in [3.63, 3.8) is 0 Å². The SMILES string of the molecule is CC(=O)N[C@H]1[C@@H](OP(=O)([O-])OP(=O)([O-])OC/C=C(/C)CC/C=C(/C)CC/C=C(/C)CC/C=C(/C)CC/C=C(/C)CC/C=C(/C)CC/C=C(/C)CC/C=C(/C)CC/C=C(\C)CC/C=C(\C)CCC=C(C)C)O[C@H](CO[C@H]2O[C@H](CO)[C@H](O)[C@H](O)[C@H]2NC(C)=O)[C@H](O)[C@@H]1O. The van der Waals surface area contributed by atoms with Crippen molar-refractivity contribution in [2.75, 3.05) is 19.8 Å². The molecule has 0 aromatic heterocycles. The van der Waals surface area contributed by atoms with Crippen LogP contribution >= 0.6 is 15.6 Å². The average molecular weight is 1330 g/mol. The Balaban J connectivity index is 1.71. The van der Waals surface area contributed by atoms with Crippen LogP contribution in [0.15, 0.2) is 128 Å². The first-order valence-corrected chi connectivity index (χ1v) is 35.9. The van der Waals surface area contributed by atoms with Gasteiger partial charge in [0.2, 0.25) is 11.8 Å². The Morgan fingerprint density at radius 3 is 1.00 bits per heavy atom. The zero-order valence-corrected chi connectivity index (χ0v) is 59.7. The highest BCUT2D eigenvalue weighted by atomic mass is 31.3. The number of carbonyl (C=O) groups excluding carboxylic acids is 2. The fraction of sp³-hybridized carbons (Fsp3) is 0.662. The van der Waals surface area contributed by atoms with Crippen LogP contribution in [0.5, 0.6) is 0 Å². The zero-order chi connectivity index (χ0) is 69.0. The molecule has 0 bridgehead atoms. The maximum atomic E-state index is 13.0. The Labute approximate surface area is 551 Å². The molecule has 7 N–H and O–H groups in total. The van der Waals surface area contributed by atoms with E-state index in [1.54, 1.807) is 6.92 Å². The highest BCUT2D eigenvalue weighted by Gasteiger charge is 2.50. The molecule has 12 atom stereocenters. The van der Waals surface area contributed by atoms with Crippen LogP contribution < -0.4 is 20.4 Å². The van der Waals surface area contributed by atoms with E-state index in [9.17, 15) is 54.0 Å². The van der Waals surface area contributed by atoms with E-state index in [-0.39, 0.29) is 0 Å². The summed E-state index contributed by atoms with van der Waals surface area (Å²) in [7, 11) is -11.6. The van der Waals surface area contributed by atoms with Gasteiger partial charge in [-0.05, 0) is 212 Å². The van der Waals surface area contributed by atoms with Crippen molar-refractivity contribution in [3.05, 3.63) is 128 Å². The van der Waals surface area contributed by atoms with E-state index < -0.39 is 109 Å². The fourth-order valence-electron chi connectivity index (χ4n) is 10.4. The number of allylic oxidation sites excluding steroid dienone is 21. The number of hydrogen-bond donors (Lipinski definition) is 7. The molecule has 0 aliphatic carbocycles. The number of hydrogen-bond acceptors (Lipinski definition) is 17. The summed E-state index contributed by atoms with van der Waals surface area (Å²) in [6.45, 7) is 26.2. The van der Waals surface area contributed by atoms with E-state index in [0.29, 0.717) is 12.8 Å². The van der Waals surface area contributed by atoms with Gasteiger partial charge in [0.25, 0.3) is 15.6 Å². The molecule has 21 heteroatoms. The molecule has 524 valence electrons. The third-order valence-electron chi connectivity index (χ3n) is 16.2. The molecular weight excluding hydrogens is 1210 g/mol.